The van der Waals surface area contributed by atoms with Crippen LogP contribution in [-0.4, -0.2) is 48.4 Å². The number of methoxy groups -OCH3 is 1. The largest absolute Gasteiger partial charge is 0.481 e. The minimum absolute atomic E-state index is 0. The van der Waals surface area contributed by atoms with E-state index in [9.17, 15) is 23.2 Å². The quantitative estimate of drug-likeness (QED) is 0.206. The number of carbonyl (C=O) groups is 1. The van der Waals surface area contributed by atoms with Gasteiger partial charge in [0.1, 0.15) is 22.3 Å². The molecule has 1 aliphatic rings. The zero-order valence-electron chi connectivity index (χ0n) is 24.2. The summed E-state index contributed by atoms with van der Waals surface area (Å²) in [6, 6.07) is 9.78. The molecule has 3 heterocycles. The van der Waals surface area contributed by atoms with Gasteiger partial charge in [0, 0.05) is 31.6 Å². The van der Waals surface area contributed by atoms with Crippen LogP contribution >= 0.6 is 11.3 Å². The van der Waals surface area contributed by atoms with Crippen molar-refractivity contribution in [2.24, 2.45) is 0 Å². The van der Waals surface area contributed by atoms with Gasteiger partial charge in [-0.15, -0.1) is 11.3 Å². The van der Waals surface area contributed by atoms with E-state index in [0.29, 0.717) is 34.1 Å². The first-order valence-corrected chi connectivity index (χ1v) is 14.0. The number of halogens is 2. The van der Waals surface area contributed by atoms with Crippen LogP contribution in [0.1, 0.15) is 14.0 Å². The minimum atomic E-state index is -0.821. The Hall–Kier alpha value is -4.99. The lowest BCUT2D eigenvalue weighted by Crippen LogP contribution is -2.46. The van der Waals surface area contributed by atoms with E-state index in [-0.39, 0.29) is 24.5 Å². The molecule has 4 aromatic rings. The van der Waals surface area contributed by atoms with Crippen LogP contribution in [0.15, 0.2) is 70.1 Å². The van der Waals surface area contributed by atoms with Crippen LogP contribution in [-0.2, 0) is 22.7 Å². The number of thiophene rings is 1. The Bertz CT molecular complexity index is 1900. The molecule has 44 heavy (non-hydrogen) atoms. The fourth-order valence-corrected chi connectivity index (χ4v) is 6.03. The van der Waals surface area contributed by atoms with E-state index in [0.717, 1.165) is 28.0 Å². The third-order valence-corrected chi connectivity index (χ3v) is 8.00. The number of anilines is 1. The summed E-state index contributed by atoms with van der Waals surface area (Å²) in [7, 11) is 6.44. The summed E-state index contributed by atoms with van der Waals surface area (Å²) >= 11 is 1.16. The Balaban J connectivity index is 0.00000288. The van der Waals surface area contributed by atoms with Crippen LogP contribution < -0.4 is 32.9 Å². The Morgan fingerprint density at radius 3 is 2.32 bits per heavy atom. The van der Waals surface area contributed by atoms with Crippen LogP contribution in [0.3, 0.4) is 0 Å². The molecular weight excluding hydrogens is 596 g/mol. The van der Waals surface area contributed by atoms with Gasteiger partial charge in [0.15, 0.2) is 0 Å². The number of nitrogens with zero attached hydrogens (tertiary/aromatic N) is 3. The zero-order valence-corrected chi connectivity index (χ0v) is 25.0. The monoisotopic (exact) mass is 629 g/mol. The van der Waals surface area contributed by atoms with Crippen molar-refractivity contribution in [3.05, 3.63) is 104 Å². The molecule has 0 saturated heterocycles. The Kier molecular flexibility index (Phi) is 8.80. The number of carbonyl (C=O) groups excluding carboxylic acids is 1. The number of hydrogen-bond donors (Lipinski definition) is 4. The highest BCUT2D eigenvalue weighted by Gasteiger charge is 2.26. The Morgan fingerprint density at radius 1 is 1.02 bits per heavy atom. The molecular formula is C29H33F2N7O5S. The number of rotatable bonds is 9. The Morgan fingerprint density at radius 2 is 1.73 bits per heavy atom. The number of hydrazine groups is 1. The molecule has 4 N–H and O–H groups in total. The van der Waals surface area contributed by atoms with Gasteiger partial charge in [0.05, 0.1) is 26.2 Å². The van der Waals surface area contributed by atoms with Gasteiger partial charge in [-0.2, -0.15) is 0 Å². The summed E-state index contributed by atoms with van der Waals surface area (Å²) in [5.41, 5.74) is 7.79. The van der Waals surface area contributed by atoms with Crippen molar-refractivity contribution in [3.8, 4) is 10.4 Å². The molecule has 0 aliphatic carbocycles. The normalized spacial score (nSPS) is 12.8. The summed E-state index contributed by atoms with van der Waals surface area (Å²) < 4.78 is 37.0. The number of nitrogens with one attached hydrogen (secondary N) is 4. The van der Waals surface area contributed by atoms with E-state index in [4.69, 9.17) is 4.74 Å². The molecule has 0 spiro atoms. The molecule has 0 radical (unpaired) electrons. The predicted molar refractivity (Wildman–Crippen MR) is 168 cm³/mol. The standard InChI is InChI=1S/C29H29F2N7O5S.2H2/c1-36(2)14-19-24-26(39)38(22-12-13-23(42-3)34-33-22)29(41)37(15-18-20(30)6-5-7-21(18)31)27(24)44-25(19)16-8-10-17(11-9-16)32-28(40)35-43-4;;/h5-13,33-34H,14-15H2,1-4H3,(H2,32,35,40);2*1H. The molecule has 2 amide bonds. The van der Waals surface area contributed by atoms with E-state index in [2.05, 4.69) is 26.5 Å². The number of allylic oxidation sites excluding steroid dienone is 2. The van der Waals surface area contributed by atoms with Gasteiger partial charge in [-0.05, 0) is 55.6 Å². The van der Waals surface area contributed by atoms with Crippen LogP contribution in [0.4, 0.5) is 19.3 Å². The summed E-state index contributed by atoms with van der Waals surface area (Å²) in [4.78, 5) is 47.5. The SMILES string of the molecule is CONC(=O)Nc1ccc(-c2sc3c(c2CN(C)C)c(=O)n(C2=CC=C(OC)NN2)c(=O)n3Cc2c(F)cccc2F)cc1.[HH].[HH]. The van der Waals surface area contributed by atoms with Crippen LogP contribution in [0.25, 0.3) is 26.5 Å². The van der Waals surface area contributed by atoms with Gasteiger partial charge in [-0.25, -0.2) is 28.4 Å². The number of fused-ring (bicyclic) bond motifs is 1. The maximum Gasteiger partial charge on any atom is 0.343 e. The smallest absolute Gasteiger partial charge is 0.343 e. The second kappa shape index (κ2) is 12.7. The Labute approximate surface area is 256 Å². The molecule has 12 nitrogen and oxygen atoms in total. The summed E-state index contributed by atoms with van der Waals surface area (Å²) in [6.07, 6.45) is 3.02. The number of ether oxygens (including phenoxy) is 1. The topological polar surface area (TPSA) is 131 Å². The van der Waals surface area contributed by atoms with Gasteiger partial charge < -0.3 is 15.0 Å². The van der Waals surface area contributed by atoms with Gasteiger partial charge >= 0.3 is 11.7 Å². The van der Waals surface area contributed by atoms with E-state index < -0.39 is 35.5 Å². The molecule has 0 atom stereocenters. The molecule has 15 heteroatoms. The minimum Gasteiger partial charge on any atom is -0.481 e. The maximum absolute atomic E-state index is 14.9. The number of benzene rings is 2. The first kappa shape index (κ1) is 30.5. The van der Waals surface area contributed by atoms with Crippen molar-refractivity contribution >= 4 is 39.1 Å². The van der Waals surface area contributed by atoms with Gasteiger partial charge in [0.2, 0.25) is 5.88 Å². The van der Waals surface area contributed by atoms with Crippen molar-refractivity contribution in [2.75, 3.05) is 33.6 Å². The van der Waals surface area contributed by atoms with Crippen molar-refractivity contribution in [3.63, 3.8) is 0 Å². The summed E-state index contributed by atoms with van der Waals surface area (Å²) in [5.74, 6) is -1.20. The van der Waals surface area contributed by atoms with Crippen molar-refractivity contribution in [1.29, 1.82) is 0 Å². The van der Waals surface area contributed by atoms with Crippen LogP contribution in [0.2, 0.25) is 0 Å². The average molecular weight is 630 g/mol. The lowest BCUT2D eigenvalue weighted by molar-refractivity contribution is 0.114. The highest BCUT2D eigenvalue weighted by Crippen LogP contribution is 2.38. The molecule has 0 bridgehead atoms. The summed E-state index contributed by atoms with van der Waals surface area (Å²) in [6.45, 7) is -0.154. The molecule has 234 valence electrons. The number of urea groups is 1. The van der Waals surface area contributed by atoms with E-state index >= 15 is 0 Å². The van der Waals surface area contributed by atoms with Crippen molar-refractivity contribution < 1.29 is 26.0 Å². The maximum atomic E-state index is 14.9. The second-order valence-corrected chi connectivity index (χ2v) is 10.9. The highest BCUT2D eigenvalue weighted by atomic mass is 32.1. The number of hydrogen-bond acceptors (Lipinski definition) is 9. The highest BCUT2D eigenvalue weighted by molar-refractivity contribution is 7.22. The van der Waals surface area contributed by atoms with E-state index in [1.165, 1.54) is 37.0 Å². The van der Waals surface area contributed by atoms with Crippen molar-refractivity contribution in [1.82, 2.24) is 30.4 Å². The molecule has 0 saturated carbocycles. The summed E-state index contributed by atoms with van der Waals surface area (Å²) in [5, 5.41) is 2.85. The number of aromatic nitrogens is 2. The molecule has 2 aromatic carbocycles. The average Bonchev–Trinajstić information content (AvgIpc) is 3.36. The first-order valence-electron chi connectivity index (χ1n) is 13.2. The number of hydroxylamine groups is 1. The molecule has 5 rings (SSSR count). The first-order chi connectivity index (χ1) is 21.1. The van der Waals surface area contributed by atoms with Crippen molar-refractivity contribution in [2.45, 2.75) is 13.1 Å². The lowest BCUT2D eigenvalue weighted by atomic mass is 10.1. The molecule has 1 aliphatic heterocycles. The predicted octanol–water partition coefficient (Wildman–Crippen LogP) is 3.85. The van der Waals surface area contributed by atoms with Crippen LogP contribution in [0.5, 0.6) is 0 Å². The third kappa shape index (κ3) is 5.92. The molecule has 0 fully saturated rings. The van der Waals surface area contributed by atoms with Gasteiger partial charge in [-0.1, -0.05) is 18.2 Å². The lowest BCUT2D eigenvalue weighted by Gasteiger charge is -2.20. The van der Waals surface area contributed by atoms with Gasteiger partial charge in [0.25, 0.3) is 5.56 Å². The van der Waals surface area contributed by atoms with Gasteiger partial charge in [-0.3, -0.25) is 25.1 Å². The molecule has 2 aromatic heterocycles. The van der Waals surface area contributed by atoms with E-state index in [1.807, 2.05) is 19.0 Å². The number of amides is 2. The second-order valence-electron chi connectivity index (χ2n) is 9.91. The van der Waals surface area contributed by atoms with E-state index in [1.54, 1.807) is 24.3 Å². The van der Waals surface area contributed by atoms with Crippen LogP contribution in [0, 0.1) is 11.6 Å². The fraction of sp³-hybridized carbons (Fsp3) is 0.207. The fourth-order valence-electron chi connectivity index (χ4n) is 4.73. The third-order valence-electron chi connectivity index (χ3n) is 6.69. The zero-order chi connectivity index (χ0) is 31.5. The molecule has 0 unspecified atom stereocenters.